The van der Waals surface area contributed by atoms with E-state index in [1.165, 1.54) is 0 Å². The average molecular weight is 239 g/mol. The third kappa shape index (κ3) is 4.24. The van der Waals surface area contributed by atoms with Crippen molar-refractivity contribution in [2.75, 3.05) is 27.4 Å². The van der Waals surface area contributed by atoms with Gasteiger partial charge < -0.3 is 19.9 Å². The zero-order valence-electron chi connectivity index (χ0n) is 10.7. The van der Waals surface area contributed by atoms with Crippen LogP contribution in [0.4, 0.5) is 0 Å². The lowest BCUT2D eigenvalue weighted by atomic mass is 10.2. The van der Waals surface area contributed by atoms with Gasteiger partial charge in [-0.1, -0.05) is 13.0 Å². The standard InChI is InChI=1S/C13H21NO3/c1-10(8-15)9-17-12-5-4-11(7-14-2)6-13(12)16-3/h4-6,10,14-15H,7-9H2,1-3H3. The van der Waals surface area contributed by atoms with E-state index in [1.54, 1.807) is 7.11 Å². The van der Waals surface area contributed by atoms with Crippen molar-refractivity contribution in [3.63, 3.8) is 0 Å². The van der Waals surface area contributed by atoms with Gasteiger partial charge in [-0.25, -0.2) is 0 Å². The second-order valence-corrected chi connectivity index (χ2v) is 4.11. The summed E-state index contributed by atoms with van der Waals surface area (Å²) in [5.74, 6) is 1.56. The maximum Gasteiger partial charge on any atom is 0.161 e. The Morgan fingerprint density at radius 3 is 2.71 bits per heavy atom. The molecule has 1 aromatic carbocycles. The van der Waals surface area contributed by atoms with Gasteiger partial charge in [0.25, 0.3) is 0 Å². The molecular formula is C13H21NO3. The third-order valence-electron chi connectivity index (χ3n) is 2.44. The Morgan fingerprint density at radius 2 is 2.12 bits per heavy atom. The molecule has 0 aliphatic carbocycles. The first-order valence-corrected chi connectivity index (χ1v) is 5.76. The summed E-state index contributed by atoms with van der Waals surface area (Å²) in [4.78, 5) is 0. The first kappa shape index (κ1) is 13.8. The van der Waals surface area contributed by atoms with Gasteiger partial charge in [0.05, 0.1) is 13.7 Å². The summed E-state index contributed by atoms with van der Waals surface area (Å²) in [5.41, 5.74) is 1.15. The van der Waals surface area contributed by atoms with Gasteiger partial charge in [0.15, 0.2) is 11.5 Å². The van der Waals surface area contributed by atoms with E-state index in [-0.39, 0.29) is 12.5 Å². The molecule has 0 bridgehead atoms. The molecule has 0 aliphatic rings. The molecule has 0 radical (unpaired) electrons. The fourth-order valence-electron chi connectivity index (χ4n) is 1.43. The molecule has 1 unspecified atom stereocenters. The minimum atomic E-state index is 0.122. The van der Waals surface area contributed by atoms with Gasteiger partial charge in [0, 0.05) is 19.1 Å². The molecule has 0 saturated carbocycles. The van der Waals surface area contributed by atoms with Crippen molar-refractivity contribution < 1.29 is 14.6 Å². The molecule has 17 heavy (non-hydrogen) atoms. The van der Waals surface area contributed by atoms with Crippen molar-refractivity contribution in [2.24, 2.45) is 5.92 Å². The van der Waals surface area contributed by atoms with Crippen LogP contribution < -0.4 is 14.8 Å². The lowest BCUT2D eigenvalue weighted by Gasteiger charge is -2.14. The minimum absolute atomic E-state index is 0.122. The number of hydrogen-bond acceptors (Lipinski definition) is 4. The molecule has 1 atom stereocenters. The molecule has 1 aromatic rings. The summed E-state index contributed by atoms with van der Waals surface area (Å²) in [6.45, 7) is 3.34. The highest BCUT2D eigenvalue weighted by Gasteiger charge is 2.07. The summed E-state index contributed by atoms with van der Waals surface area (Å²) in [7, 11) is 3.53. The maximum absolute atomic E-state index is 8.93. The fourth-order valence-corrected chi connectivity index (χ4v) is 1.43. The van der Waals surface area contributed by atoms with E-state index in [2.05, 4.69) is 5.32 Å². The molecule has 96 valence electrons. The van der Waals surface area contributed by atoms with Crippen LogP contribution in [-0.4, -0.2) is 32.5 Å². The van der Waals surface area contributed by atoms with E-state index in [1.807, 2.05) is 32.2 Å². The Morgan fingerprint density at radius 1 is 1.35 bits per heavy atom. The van der Waals surface area contributed by atoms with Crippen molar-refractivity contribution in [2.45, 2.75) is 13.5 Å². The van der Waals surface area contributed by atoms with E-state index < -0.39 is 0 Å². The van der Waals surface area contributed by atoms with E-state index in [4.69, 9.17) is 14.6 Å². The Hall–Kier alpha value is -1.26. The average Bonchev–Trinajstić information content (AvgIpc) is 2.36. The van der Waals surface area contributed by atoms with E-state index >= 15 is 0 Å². The monoisotopic (exact) mass is 239 g/mol. The molecule has 2 N–H and O–H groups in total. The largest absolute Gasteiger partial charge is 0.493 e. The van der Waals surface area contributed by atoms with E-state index in [0.717, 1.165) is 17.9 Å². The van der Waals surface area contributed by atoms with Crippen LogP contribution in [0.2, 0.25) is 0 Å². The minimum Gasteiger partial charge on any atom is -0.493 e. The number of aliphatic hydroxyl groups excluding tert-OH is 1. The summed E-state index contributed by atoms with van der Waals surface area (Å²) in [6.07, 6.45) is 0. The van der Waals surface area contributed by atoms with Crippen LogP contribution in [0, 0.1) is 5.92 Å². The SMILES string of the molecule is CNCc1ccc(OCC(C)CO)c(OC)c1. The van der Waals surface area contributed by atoms with Crippen molar-refractivity contribution in [1.29, 1.82) is 0 Å². The second kappa shape index (κ2) is 7.14. The molecule has 0 heterocycles. The van der Waals surface area contributed by atoms with Crippen LogP contribution in [0.5, 0.6) is 11.5 Å². The van der Waals surface area contributed by atoms with Gasteiger partial charge in [0.1, 0.15) is 0 Å². The smallest absolute Gasteiger partial charge is 0.161 e. The van der Waals surface area contributed by atoms with Gasteiger partial charge in [-0.05, 0) is 24.7 Å². The van der Waals surface area contributed by atoms with Gasteiger partial charge >= 0.3 is 0 Å². The lowest BCUT2D eigenvalue weighted by molar-refractivity contribution is 0.171. The second-order valence-electron chi connectivity index (χ2n) is 4.11. The molecule has 0 spiro atoms. The first-order chi connectivity index (χ1) is 8.21. The predicted molar refractivity (Wildman–Crippen MR) is 67.5 cm³/mol. The molecule has 4 heteroatoms. The fraction of sp³-hybridized carbons (Fsp3) is 0.538. The highest BCUT2D eigenvalue weighted by atomic mass is 16.5. The molecule has 0 aliphatic heterocycles. The van der Waals surface area contributed by atoms with Crippen LogP contribution in [0.25, 0.3) is 0 Å². The topological polar surface area (TPSA) is 50.7 Å². The van der Waals surface area contributed by atoms with Crippen LogP contribution >= 0.6 is 0 Å². The number of ether oxygens (including phenoxy) is 2. The van der Waals surface area contributed by atoms with Crippen LogP contribution in [0.3, 0.4) is 0 Å². The Kier molecular flexibility index (Phi) is 5.80. The van der Waals surface area contributed by atoms with E-state index in [0.29, 0.717) is 12.4 Å². The highest BCUT2D eigenvalue weighted by molar-refractivity contribution is 5.42. The molecule has 0 saturated heterocycles. The predicted octanol–water partition coefficient (Wildman–Crippen LogP) is 1.42. The molecule has 0 aromatic heterocycles. The zero-order valence-corrected chi connectivity index (χ0v) is 10.7. The molecular weight excluding hydrogens is 218 g/mol. The third-order valence-corrected chi connectivity index (χ3v) is 2.44. The van der Waals surface area contributed by atoms with Crippen LogP contribution in [-0.2, 0) is 6.54 Å². The summed E-state index contributed by atoms with van der Waals surface area (Å²) in [6, 6.07) is 5.85. The van der Waals surface area contributed by atoms with Gasteiger partial charge in [-0.3, -0.25) is 0 Å². The number of hydrogen-bond donors (Lipinski definition) is 2. The normalized spacial score (nSPS) is 12.2. The molecule has 0 fully saturated rings. The van der Waals surface area contributed by atoms with Gasteiger partial charge in [-0.2, -0.15) is 0 Å². The first-order valence-electron chi connectivity index (χ1n) is 5.76. The van der Waals surface area contributed by atoms with Crippen molar-refractivity contribution in [1.82, 2.24) is 5.32 Å². The van der Waals surface area contributed by atoms with Crippen molar-refractivity contribution in [3.8, 4) is 11.5 Å². The van der Waals surface area contributed by atoms with E-state index in [9.17, 15) is 0 Å². The number of benzene rings is 1. The number of rotatable bonds is 7. The Labute approximate surface area is 103 Å². The number of methoxy groups -OCH3 is 1. The van der Waals surface area contributed by atoms with Crippen molar-refractivity contribution in [3.05, 3.63) is 23.8 Å². The summed E-state index contributed by atoms with van der Waals surface area (Å²) < 4.78 is 10.9. The zero-order chi connectivity index (χ0) is 12.7. The summed E-state index contributed by atoms with van der Waals surface area (Å²) in [5, 5.41) is 12.0. The number of nitrogens with one attached hydrogen (secondary N) is 1. The maximum atomic E-state index is 8.93. The summed E-state index contributed by atoms with van der Waals surface area (Å²) >= 11 is 0. The van der Waals surface area contributed by atoms with Gasteiger partial charge in [0.2, 0.25) is 0 Å². The van der Waals surface area contributed by atoms with Crippen LogP contribution in [0.15, 0.2) is 18.2 Å². The number of aliphatic hydroxyl groups is 1. The van der Waals surface area contributed by atoms with Crippen molar-refractivity contribution >= 4 is 0 Å². The molecule has 0 amide bonds. The lowest BCUT2D eigenvalue weighted by Crippen LogP contribution is -2.12. The Bertz CT molecular complexity index is 341. The van der Waals surface area contributed by atoms with Crippen LogP contribution in [0.1, 0.15) is 12.5 Å². The quantitative estimate of drug-likeness (QED) is 0.755. The highest BCUT2D eigenvalue weighted by Crippen LogP contribution is 2.28. The molecule has 1 rings (SSSR count). The molecule has 4 nitrogen and oxygen atoms in total. The Balaban J connectivity index is 2.71. The van der Waals surface area contributed by atoms with Gasteiger partial charge in [-0.15, -0.1) is 0 Å².